The first kappa shape index (κ1) is 24.6. The summed E-state index contributed by atoms with van der Waals surface area (Å²) in [4.78, 5) is 20.1. The van der Waals surface area contributed by atoms with E-state index in [1.165, 1.54) is 17.9 Å². The van der Waals surface area contributed by atoms with Gasteiger partial charge in [-0.25, -0.2) is 4.98 Å². The Labute approximate surface area is 201 Å². The number of rotatable bonds is 9. The fourth-order valence-corrected chi connectivity index (χ4v) is 4.12. The third kappa shape index (κ3) is 5.45. The second kappa shape index (κ2) is 9.65. The molecule has 186 valence electrons. The minimum Gasteiger partial charge on any atom is -0.490 e. The first-order chi connectivity index (χ1) is 16.6. The molecule has 11 heteroatoms. The van der Waals surface area contributed by atoms with Gasteiger partial charge < -0.3 is 15.0 Å². The number of aromatic nitrogens is 1. The zero-order valence-electron chi connectivity index (χ0n) is 19.4. The predicted octanol–water partition coefficient (Wildman–Crippen LogP) is 4.08. The second-order valence-electron chi connectivity index (χ2n) is 8.78. The van der Waals surface area contributed by atoms with Gasteiger partial charge in [-0.15, -0.1) is 0 Å². The number of hydrogen-bond donors (Lipinski definition) is 3. The highest BCUT2D eigenvalue weighted by atomic mass is 19.4. The van der Waals surface area contributed by atoms with Crippen molar-refractivity contribution in [1.82, 2.24) is 15.2 Å². The van der Waals surface area contributed by atoms with Crippen molar-refractivity contribution < 1.29 is 22.7 Å². The maximum atomic E-state index is 13.3. The number of nitrogens with zero attached hydrogens (tertiary/aromatic N) is 3. The lowest BCUT2D eigenvalue weighted by molar-refractivity contribution is -0.141. The molecule has 1 aliphatic carbocycles. The SMILES string of the molecule is CNCc1cc(OC2CC2)cc2c1CN(c1cccc(C(=N)N(C=N)C(C)CC(F)(F)F)n1)C2=O. The van der Waals surface area contributed by atoms with Crippen molar-refractivity contribution in [2.24, 2.45) is 0 Å². The molecule has 35 heavy (non-hydrogen) atoms. The van der Waals surface area contributed by atoms with Gasteiger partial charge in [0.1, 0.15) is 17.3 Å². The summed E-state index contributed by atoms with van der Waals surface area (Å²) >= 11 is 0. The lowest BCUT2D eigenvalue weighted by atomic mass is 10.0. The van der Waals surface area contributed by atoms with E-state index in [2.05, 4.69) is 10.3 Å². The van der Waals surface area contributed by atoms with Crippen molar-refractivity contribution in [3.63, 3.8) is 0 Å². The highest BCUT2D eigenvalue weighted by Gasteiger charge is 2.35. The van der Waals surface area contributed by atoms with Crippen LogP contribution < -0.4 is 15.0 Å². The number of carbonyl (C=O) groups excluding carboxylic acids is 1. The molecule has 1 fully saturated rings. The lowest BCUT2D eigenvalue weighted by Crippen LogP contribution is -2.40. The van der Waals surface area contributed by atoms with Crippen LogP contribution in [0.1, 0.15) is 53.4 Å². The molecule has 2 heterocycles. The normalized spacial score (nSPS) is 16.1. The molecule has 1 atom stereocenters. The molecule has 2 aromatic rings. The van der Waals surface area contributed by atoms with Crippen LogP contribution in [0.3, 0.4) is 0 Å². The molecule has 1 amide bonds. The molecule has 1 aromatic carbocycles. The molecule has 0 bridgehead atoms. The number of ether oxygens (including phenoxy) is 1. The van der Waals surface area contributed by atoms with Gasteiger partial charge >= 0.3 is 6.18 Å². The van der Waals surface area contributed by atoms with Crippen LogP contribution in [-0.2, 0) is 13.1 Å². The monoisotopic (exact) mass is 488 g/mol. The summed E-state index contributed by atoms with van der Waals surface area (Å²) in [7, 11) is 1.82. The van der Waals surface area contributed by atoms with Crippen molar-refractivity contribution in [1.29, 1.82) is 10.8 Å². The molecule has 1 saturated carbocycles. The van der Waals surface area contributed by atoms with Crippen molar-refractivity contribution in [3.05, 3.63) is 52.7 Å². The van der Waals surface area contributed by atoms with Gasteiger partial charge in [-0.3, -0.25) is 20.5 Å². The zero-order valence-corrected chi connectivity index (χ0v) is 19.4. The topological polar surface area (TPSA) is 105 Å². The molecule has 0 radical (unpaired) electrons. The molecule has 0 spiro atoms. The minimum absolute atomic E-state index is 0.0667. The van der Waals surface area contributed by atoms with Crippen molar-refractivity contribution in [2.75, 3.05) is 11.9 Å². The number of fused-ring (bicyclic) bond motifs is 1. The van der Waals surface area contributed by atoms with Crippen molar-refractivity contribution in [3.8, 4) is 5.75 Å². The quantitative estimate of drug-likeness (QED) is 0.364. The molecular formula is C24H27F3N6O2. The highest BCUT2D eigenvalue weighted by Crippen LogP contribution is 2.35. The third-order valence-corrected chi connectivity index (χ3v) is 5.95. The van der Waals surface area contributed by atoms with E-state index < -0.39 is 18.6 Å². The van der Waals surface area contributed by atoms with Crippen molar-refractivity contribution >= 4 is 23.9 Å². The lowest BCUT2D eigenvalue weighted by Gasteiger charge is -2.27. The number of benzene rings is 1. The van der Waals surface area contributed by atoms with Crippen LogP contribution in [0.4, 0.5) is 19.0 Å². The zero-order chi connectivity index (χ0) is 25.3. The Hall–Kier alpha value is -3.47. The van der Waals surface area contributed by atoms with Gasteiger partial charge in [0.25, 0.3) is 5.91 Å². The van der Waals surface area contributed by atoms with Crippen LogP contribution in [0.25, 0.3) is 0 Å². The predicted molar refractivity (Wildman–Crippen MR) is 125 cm³/mol. The van der Waals surface area contributed by atoms with Crippen molar-refractivity contribution in [2.45, 2.75) is 57.6 Å². The molecule has 8 nitrogen and oxygen atoms in total. The molecule has 1 unspecified atom stereocenters. The number of carbonyl (C=O) groups is 1. The summed E-state index contributed by atoms with van der Waals surface area (Å²) in [5.41, 5.74) is 2.39. The number of pyridine rings is 1. The minimum atomic E-state index is -4.43. The van der Waals surface area contributed by atoms with Crippen LogP contribution in [0.15, 0.2) is 30.3 Å². The Bertz CT molecular complexity index is 1150. The Kier molecular flexibility index (Phi) is 6.79. The molecule has 1 aromatic heterocycles. The molecule has 2 aliphatic rings. The fraction of sp³-hybridized carbons (Fsp3) is 0.417. The summed E-state index contributed by atoms with van der Waals surface area (Å²) < 4.78 is 44.5. The summed E-state index contributed by atoms with van der Waals surface area (Å²) in [5.74, 6) is 0.320. The van der Waals surface area contributed by atoms with E-state index in [1.54, 1.807) is 18.2 Å². The van der Waals surface area contributed by atoms with E-state index in [0.717, 1.165) is 28.9 Å². The van der Waals surface area contributed by atoms with E-state index in [0.29, 0.717) is 24.2 Å². The molecule has 4 rings (SSSR count). The summed E-state index contributed by atoms with van der Waals surface area (Å²) in [6.07, 6.45) is -2.74. The Morgan fingerprint density at radius 1 is 1.37 bits per heavy atom. The summed E-state index contributed by atoms with van der Waals surface area (Å²) in [6, 6.07) is 7.22. The fourth-order valence-electron chi connectivity index (χ4n) is 4.12. The smallest absolute Gasteiger partial charge is 0.391 e. The second-order valence-corrected chi connectivity index (χ2v) is 8.78. The average Bonchev–Trinajstić information content (AvgIpc) is 3.55. The Morgan fingerprint density at radius 3 is 2.74 bits per heavy atom. The number of nitrogens with one attached hydrogen (secondary N) is 3. The van der Waals surface area contributed by atoms with Gasteiger partial charge in [0, 0.05) is 18.2 Å². The number of amides is 1. The maximum Gasteiger partial charge on any atom is 0.391 e. The van der Waals surface area contributed by atoms with Crippen LogP contribution in [0.2, 0.25) is 0 Å². The van der Waals surface area contributed by atoms with E-state index >= 15 is 0 Å². The number of alkyl halides is 3. The van der Waals surface area contributed by atoms with Gasteiger partial charge in [0.15, 0.2) is 5.84 Å². The van der Waals surface area contributed by atoms with Crippen LogP contribution in [0, 0.1) is 10.8 Å². The van der Waals surface area contributed by atoms with Crippen LogP contribution in [-0.4, -0.2) is 53.3 Å². The molecule has 3 N–H and O–H groups in total. The first-order valence-electron chi connectivity index (χ1n) is 11.3. The van der Waals surface area contributed by atoms with Gasteiger partial charge in [0.05, 0.1) is 25.4 Å². The van der Waals surface area contributed by atoms with E-state index in [1.807, 2.05) is 13.1 Å². The van der Waals surface area contributed by atoms with Gasteiger partial charge in [-0.05, 0) is 62.2 Å². The van der Waals surface area contributed by atoms with Gasteiger partial charge in [-0.2, -0.15) is 13.2 Å². The average molecular weight is 489 g/mol. The van der Waals surface area contributed by atoms with E-state index in [4.69, 9.17) is 15.6 Å². The summed E-state index contributed by atoms with van der Waals surface area (Å²) in [5, 5.41) is 19.0. The van der Waals surface area contributed by atoms with Crippen LogP contribution in [0.5, 0.6) is 5.75 Å². The first-order valence-corrected chi connectivity index (χ1v) is 11.3. The Balaban J connectivity index is 1.60. The van der Waals surface area contributed by atoms with Gasteiger partial charge in [-0.1, -0.05) is 6.07 Å². The molecule has 0 saturated heterocycles. The number of hydrogen-bond acceptors (Lipinski definition) is 6. The highest BCUT2D eigenvalue weighted by molar-refractivity contribution is 6.10. The molecule has 1 aliphatic heterocycles. The van der Waals surface area contributed by atoms with E-state index in [9.17, 15) is 18.0 Å². The molecular weight excluding hydrogens is 461 g/mol. The standard InChI is InChI=1S/C24H27F3N6O2/c1-14(10-24(25,26)27)33(13-28)22(29)20-4-3-5-21(31-20)32-12-19-15(11-30-2)8-17(35-16-6-7-16)9-18(19)23(32)34/h3-5,8-9,13-14,16,28-30H,6-7,10-12H2,1-2H3. The number of anilines is 1. The van der Waals surface area contributed by atoms with Gasteiger partial charge in [0.2, 0.25) is 0 Å². The van der Waals surface area contributed by atoms with E-state index in [-0.39, 0.29) is 35.9 Å². The number of halogens is 3. The van der Waals surface area contributed by atoms with Crippen LogP contribution >= 0.6 is 0 Å². The third-order valence-electron chi connectivity index (χ3n) is 5.95. The maximum absolute atomic E-state index is 13.3. The largest absolute Gasteiger partial charge is 0.490 e. The Morgan fingerprint density at radius 2 is 2.11 bits per heavy atom. The summed E-state index contributed by atoms with van der Waals surface area (Å²) in [6.45, 7) is 2.12. The number of amidine groups is 1.